The molecule has 2 N–H and O–H groups in total. The number of hydrogen-bond acceptors (Lipinski definition) is 5. The molecule has 0 fully saturated rings. The zero-order valence-electron chi connectivity index (χ0n) is 12.8. The van der Waals surface area contributed by atoms with E-state index in [1.165, 1.54) is 0 Å². The highest BCUT2D eigenvalue weighted by Gasteiger charge is 2.13. The summed E-state index contributed by atoms with van der Waals surface area (Å²) in [5.74, 6) is 0.542. The molecule has 0 radical (unpaired) electrons. The molecule has 0 unspecified atom stereocenters. The Bertz CT molecular complexity index is 795. The zero-order valence-corrected chi connectivity index (χ0v) is 12.8. The lowest BCUT2D eigenvalue weighted by atomic mass is 10.2. The Morgan fingerprint density at radius 3 is 2.65 bits per heavy atom. The van der Waals surface area contributed by atoms with Gasteiger partial charge < -0.3 is 10.2 Å². The van der Waals surface area contributed by atoms with Crippen molar-refractivity contribution in [1.29, 1.82) is 0 Å². The summed E-state index contributed by atoms with van der Waals surface area (Å²) in [5.41, 5.74) is 2.42. The van der Waals surface area contributed by atoms with Crippen LogP contribution in [0.4, 0.5) is 11.5 Å². The first-order valence-corrected chi connectivity index (χ1v) is 7.04. The third-order valence-electron chi connectivity index (χ3n) is 3.28. The fourth-order valence-corrected chi connectivity index (χ4v) is 2.07. The molecule has 0 spiro atoms. The summed E-state index contributed by atoms with van der Waals surface area (Å²) in [6.45, 7) is 0. The van der Waals surface area contributed by atoms with Crippen LogP contribution in [-0.4, -0.2) is 40.2 Å². The number of rotatable bonds is 4. The van der Waals surface area contributed by atoms with Crippen molar-refractivity contribution in [3.8, 4) is 11.4 Å². The normalized spacial score (nSPS) is 10.3. The van der Waals surface area contributed by atoms with Crippen molar-refractivity contribution in [3.63, 3.8) is 0 Å². The molecular formula is C16H16N6O. The molecule has 3 rings (SSSR count). The van der Waals surface area contributed by atoms with E-state index in [1.54, 1.807) is 30.7 Å². The van der Waals surface area contributed by atoms with Gasteiger partial charge in [-0.2, -0.15) is 5.10 Å². The van der Waals surface area contributed by atoms with Crippen LogP contribution >= 0.6 is 0 Å². The van der Waals surface area contributed by atoms with Gasteiger partial charge in [0.2, 0.25) is 0 Å². The third-order valence-corrected chi connectivity index (χ3v) is 3.28. The average Bonchev–Trinajstić information content (AvgIpc) is 3.04. The minimum absolute atomic E-state index is 0.249. The molecule has 0 aliphatic carbocycles. The first-order valence-electron chi connectivity index (χ1n) is 7.04. The summed E-state index contributed by atoms with van der Waals surface area (Å²) in [5, 5.41) is 9.66. The van der Waals surface area contributed by atoms with Crippen molar-refractivity contribution in [1.82, 2.24) is 20.2 Å². The van der Waals surface area contributed by atoms with Crippen LogP contribution in [0.25, 0.3) is 11.4 Å². The lowest BCUT2D eigenvalue weighted by Gasteiger charge is -2.11. The summed E-state index contributed by atoms with van der Waals surface area (Å²) in [6, 6.07) is 9.08. The highest BCUT2D eigenvalue weighted by atomic mass is 16.1. The molecule has 7 nitrogen and oxygen atoms in total. The minimum atomic E-state index is -0.249. The van der Waals surface area contributed by atoms with Gasteiger partial charge in [0.15, 0.2) is 0 Å². The number of nitrogens with one attached hydrogen (secondary N) is 2. The van der Waals surface area contributed by atoms with Gasteiger partial charge in [-0.1, -0.05) is 6.07 Å². The number of carbonyl (C=O) groups excluding carboxylic acids is 1. The van der Waals surface area contributed by atoms with Crippen LogP contribution < -0.4 is 10.2 Å². The predicted molar refractivity (Wildman–Crippen MR) is 88.3 cm³/mol. The molecule has 3 aromatic heterocycles. The van der Waals surface area contributed by atoms with Gasteiger partial charge in [0.05, 0.1) is 23.1 Å². The smallest absolute Gasteiger partial charge is 0.257 e. The molecule has 116 valence electrons. The van der Waals surface area contributed by atoms with Gasteiger partial charge in [0.25, 0.3) is 5.91 Å². The molecule has 3 heterocycles. The van der Waals surface area contributed by atoms with Crippen molar-refractivity contribution in [2.75, 3.05) is 24.3 Å². The molecule has 0 atom stereocenters. The van der Waals surface area contributed by atoms with Crippen molar-refractivity contribution < 1.29 is 4.79 Å². The van der Waals surface area contributed by atoms with E-state index < -0.39 is 0 Å². The molecule has 7 heteroatoms. The van der Waals surface area contributed by atoms with E-state index in [0.717, 1.165) is 5.82 Å². The molecule has 0 aromatic carbocycles. The van der Waals surface area contributed by atoms with E-state index in [2.05, 4.69) is 25.5 Å². The van der Waals surface area contributed by atoms with E-state index in [4.69, 9.17) is 0 Å². The fraction of sp³-hybridized carbons (Fsp3) is 0.125. The SMILES string of the molecule is CN(C)c1ccc(C(=O)Nc2cn[nH]c2-c2ccccn2)cn1. The summed E-state index contributed by atoms with van der Waals surface area (Å²) in [6.07, 6.45) is 4.79. The highest BCUT2D eigenvalue weighted by molar-refractivity contribution is 6.05. The molecular weight excluding hydrogens is 292 g/mol. The Morgan fingerprint density at radius 2 is 2.00 bits per heavy atom. The van der Waals surface area contributed by atoms with Crippen LogP contribution in [0.5, 0.6) is 0 Å². The van der Waals surface area contributed by atoms with Crippen LogP contribution in [-0.2, 0) is 0 Å². The minimum Gasteiger partial charge on any atom is -0.363 e. The number of aromatic nitrogens is 4. The Hall–Kier alpha value is -3.22. The summed E-state index contributed by atoms with van der Waals surface area (Å²) < 4.78 is 0. The van der Waals surface area contributed by atoms with E-state index in [-0.39, 0.29) is 5.91 Å². The van der Waals surface area contributed by atoms with Gasteiger partial charge in [-0.25, -0.2) is 4.98 Å². The summed E-state index contributed by atoms with van der Waals surface area (Å²) in [4.78, 5) is 22.7. The molecule has 23 heavy (non-hydrogen) atoms. The number of nitrogens with zero attached hydrogens (tertiary/aromatic N) is 4. The quantitative estimate of drug-likeness (QED) is 0.771. The fourth-order valence-electron chi connectivity index (χ4n) is 2.07. The molecule has 0 bridgehead atoms. The van der Waals surface area contributed by atoms with Gasteiger partial charge in [-0.3, -0.25) is 14.9 Å². The van der Waals surface area contributed by atoms with E-state index >= 15 is 0 Å². The molecule has 0 aliphatic rings. The van der Waals surface area contributed by atoms with E-state index in [0.29, 0.717) is 22.6 Å². The number of amides is 1. The number of pyridine rings is 2. The largest absolute Gasteiger partial charge is 0.363 e. The Balaban J connectivity index is 1.80. The highest BCUT2D eigenvalue weighted by Crippen LogP contribution is 2.23. The monoisotopic (exact) mass is 308 g/mol. The number of H-pyrrole nitrogens is 1. The van der Waals surface area contributed by atoms with Crippen LogP contribution in [0.1, 0.15) is 10.4 Å². The molecule has 1 amide bonds. The lowest BCUT2D eigenvalue weighted by Crippen LogP contribution is -2.14. The molecule has 0 saturated heterocycles. The lowest BCUT2D eigenvalue weighted by molar-refractivity contribution is 0.102. The van der Waals surface area contributed by atoms with Gasteiger partial charge in [0.1, 0.15) is 11.5 Å². The molecule has 0 saturated carbocycles. The second kappa shape index (κ2) is 6.27. The van der Waals surface area contributed by atoms with Gasteiger partial charge in [0, 0.05) is 26.5 Å². The second-order valence-corrected chi connectivity index (χ2v) is 5.13. The number of aromatic amines is 1. The number of anilines is 2. The first kappa shape index (κ1) is 14.7. The molecule has 0 aliphatic heterocycles. The maximum absolute atomic E-state index is 12.3. The van der Waals surface area contributed by atoms with Crippen molar-refractivity contribution in [2.45, 2.75) is 0 Å². The second-order valence-electron chi connectivity index (χ2n) is 5.13. The standard InChI is InChI=1S/C16H16N6O/c1-22(2)14-7-6-11(9-18-14)16(23)20-13-10-19-21-15(13)12-5-3-4-8-17-12/h3-10H,1-2H3,(H,19,21)(H,20,23). The van der Waals surface area contributed by atoms with Crippen molar-refractivity contribution in [2.24, 2.45) is 0 Å². The number of carbonyl (C=O) groups is 1. The predicted octanol–water partition coefficient (Wildman–Crippen LogP) is 2.18. The first-order chi connectivity index (χ1) is 11.1. The maximum Gasteiger partial charge on any atom is 0.257 e. The van der Waals surface area contributed by atoms with Crippen LogP contribution in [0.2, 0.25) is 0 Å². The third kappa shape index (κ3) is 3.18. The Labute approximate surface area is 133 Å². The van der Waals surface area contributed by atoms with Gasteiger partial charge in [-0.15, -0.1) is 0 Å². The van der Waals surface area contributed by atoms with Crippen LogP contribution in [0.15, 0.2) is 48.9 Å². The van der Waals surface area contributed by atoms with Gasteiger partial charge in [-0.05, 0) is 24.3 Å². The van der Waals surface area contributed by atoms with Gasteiger partial charge >= 0.3 is 0 Å². The topological polar surface area (TPSA) is 86.8 Å². The van der Waals surface area contributed by atoms with Crippen molar-refractivity contribution in [3.05, 3.63) is 54.5 Å². The van der Waals surface area contributed by atoms with Crippen LogP contribution in [0, 0.1) is 0 Å². The van der Waals surface area contributed by atoms with Crippen LogP contribution in [0.3, 0.4) is 0 Å². The summed E-state index contributed by atoms with van der Waals surface area (Å²) >= 11 is 0. The zero-order chi connectivity index (χ0) is 16.2. The Morgan fingerprint density at radius 1 is 1.13 bits per heavy atom. The summed E-state index contributed by atoms with van der Waals surface area (Å²) in [7, 11) is 3.79. The van der Waals surface area contributed by atoms with E-state index in [1.807, 2.05) is 37.2 Å². The van der Waals surface area contributed by atoms with Crippen molar-refractivity contribution >= 4 is 17.4 Å². The maximum atomic E-state index is 12.3. The molecule has 3 aromatic rings. The Kier molecular flexibility index (Phi) is 4.01. The average molecular weight is 308 g/mol. The van der Waals surface area contributed by atoms with E-state index in [9.17, 15) is 4.79 Å². The number of hydrogen-bond donors (Lipinski definition) is 2.